The smallest absolute Gasteiger partial charge is 0.227 e. The first-order valence-electron chi connectivity index (χ1n) is 7.57. The summed E-state index contributed by atoms with van der Waals surface area (Å²) < 4.78 is 2.22. The third-order valence-corrected chi connectivity index (χ3v) is 4.21. The van der Waals surface area contributed by atoms with E-state index in [-0.39, 0.29) is 5.91 Å². The topological polar surface area (TPSA) is 38.1 Å². The number of nitrogens with zero attached hydrogens (tertiary/aromatic N) is 3. The normalized spacial score (nSPS) is 14.1. The first kappa shape index (κ1) is 13.1. The van der Waals surface area contributed by atoms with Crippen molar-refractivity contribution in [3.05, 3.63) is 66.0 Å². The van der Waals surface area contributed by atoms with Gasteiger partial charge in [-0.25, -0.2) is 4.98 Å². The molecule has 0 spiro atoms. The number of carbonyl (C=O) groups excluding carboxylic acids is 1. The van der Waals surface area contributed by atoms with Gasteiger partial charge in [0.05, 0.1) is 24.0 Å². The van der Waals surface area contributed by atoms with E-state index in [2.05, 4.69) is 15.6 Å². The second-order valence-electron chi connectivity index (χ2n) is 5.65. The zero-order valence-electron chi connectivity index (χ0n) is 12.3. The minimum Gasteiger partial charge on any atom is -0.333 e. The number of carbonyl (C=O) groups is 1. The lowest BCUT2D eigenvalue weighted by Gasteiger charge is -2.28. The summed E-state index contributed by atoms with van der Waals surface area (Å²) in [4.78, 5) is 19.1. The molecule has 0 saturated heterocycles. The molecular weight excluding hydrogens is 274 g/mol. The maximum atomic E-state index is 12.5. The van der Waals surface area contributed by atoms with Crippen LogP contribution in [-0.2, 0) is 24.3 Å². The Hall–Kier alpha value is -2.62. The highest BCUT2D eigenvalue weighted by Crippen LogP contribution is 2.21. The summed E-state index contributed by atoms with van der Waals surface area (Å²) in [5.41, 5.74) is 3.23. The fraction of sp³-hybridized carbons (Fsp3) is 0.222. The van der Waals surface area contributed by atoms with Gasteiger partial charge in [0.1, 0.15) is 5.82 Å². The number of hydrogen-bond donors (Lipinski definition) is 0. The summed E-state index contributed by atoms with van der Waals surface area (Å²) in [6.07, 6.45) is 0.459. The molecule has 22 heavy (non-hydrogen) atoms. The number of para-hydroxylation sites is 2. The van der Waals surface area contributed by atoms with Crippen LogP contribution in [0.2, 0.25) is 0 Å². The molecule has 2 aromatic carbocycles. The van der Waals surface area contributed by atoms with E-state index in [9.17, 15) is 4.79 Å². The monoisotopic (exact) mass is 291 g/mol. The van der Waals surface area contributed by atoms with Gasteiger partial charge in [0.15, 0.2) is 0 Å². The number of aromatic nitrogens is 2. The molecule has 0 radical (unpaired) electrons. The Labute approximate surface area is 129 Å². The molecule has 1 amide bonds. The standard InChI is InChI=1S/C18H17N3O/c22-18(12-14-6-2-1-3-7-14)20-10-11-21-16-9-5-4-8-15(16)19-17(21)13-20/h1-9H,10-13H2. The van der Waals surface area contributed by atoms with E-state index in [0.717, 1.165) is 35.5 Å². The van der Waals surface area contributed by atoms with Crippen molar-refractivity contribution in [1.29, 1.82) is 0 Å². The Bertz CT molecular complexity index is 823. The van der Waals surface area contributed by atoms with Crippen LogP contribution in [-0.4, -0.2) is 26.9 Å². The van der Waals surface area contributed by atoms with Crippen LogP contribution < -0.4 is 0 Å². The van der Waals surface area contributed by atoms with Gasteiger partial charge in [-0.1, -0.05) is 42.5 Å². The van der Waals surface area contributed by atoms with Crippen LogP contribution in [0.15, 0.2) is 54.6 Å². The predicted octanol–water partition coefficient (Wildman–Crippen LogP) is 2.62. The fourth-order valence-corrected chi connectivity index (χ4v) is 3.06. The highest BCUT2D eigenvalue weighted by molar-refractivity contribution is 5.80. The molecule has 0 aliphatic carbocycles. The SMILES string of the molecule is O=C(Cc1ccccc1)N1CCn2c(nc3ccccc32)C1. The van der Waals surface area contributed by atoms with Gasteiger partial charge in [-0.2, -0.15) is 0 Å². The molecule has 0 saturated carbocycles. The number of imidazole rings is 1. The molecule has 0 atom stereocenters. The molecule has 3 aromatic rings. The molecule has 1 aliphatic heterocycles. The van der Waals surface area contributed by atoms with Crippen molar-refractivity contribution >= 4 is 16.9 Å². The summed E-state index contributed by atoms with van der Waals surface area (Å²) in [5.74, 6) is 1.15. The van der Waals surface area contributed by atoms with E-state index in [1.807, 2.05) is 53.4 Å². The van der Waals surface area contributed by atoms with Gasteiger partial charge in [0, 0.05) is 13.1 Å². The van der Waals surface area contributed by atoms with Crippen molar-refractivity contribution in [1.82, 2.24) is 14.5 Å². The van der Waals surface area contributed by atoms with Crippen LogP contribution in [0, 0.1) is 0 Å². The Morgan fingerprint density at radius 2 is 1.77 bits per heavy atom. The van der Waals surface area contributed by atoms with E-state index in [1.54, 1.807) is 0 Å². The second kappa shape index (κ2) is 5.30. The lowest BCUT2D eigenvalue weighted by Crippen LogP contribution is -2.39. The van der Waals surface area contributed by atoms with Gasteiger partial charge in [0.2, 0.25) is 5.91 Å². The molecule has 4 nitrogen and oxygen atoms in total. The Balaban J connectivity index is 1.55. The van der Waals surface area contributed by atoms with E-state index in [1.165, 1.54) is 0 Å². The molecule has 1 aliphatic rings. The largest absolute Gasteiger partial charge is 0.333 e. The Kier molecular flexibility index (Phi) is 3.15. The number of rotatable bonds is 2. The van der Waals surface area contributed by atoms with E-state index in [0.29, 0.717) is 13.0 Å². The number of amides is 1. The van der Waals surface area contributed by atoms with Crippen LogP contribution in [0.4, 0.5) is 0 Å². The molecule has 1 aromatic heterocycles. The molecule has 4 rings (SSSR count). The predicted molar refractivity (Wildman–Crippen MR) is 85.3 cm³/mol. The first-order valence-corrected chi connectivity index (χ1v) is 7.57. The van der Waals surface area contributed by atoms with Gasteiger partial charge in [-0.05, 0) is 17.7 Å². The van der Waals surface area contributed by atoms with E-state index < -0.39 is 0 Å². The molecule has 0 N–H and O–H groups in total. The van der Waals surface area contributed by atoms with Crippen LogP contribution in [0.3, 0.4) is 0 Å². The second-order valence-corrected chi connectivity index (χ2v) is 5.65. The summed E-state index contributed by atoms with van der Waals surface area (Å²) in [7, 11) is 0. The molecule has 4 heteroatoms. The highest BCUT2D eigenvalue weighted by Gasteiger charge is 2.23. The number of hydrogen-bond acceptors (Lipinski definition) is 2. The Morgan fingerprint density at radius 3 is 2.64 bits per heavy atom. The average molecular weight is 291 g/mol. The minimum atomic E-state index is 0.171. The van der Waals surface area contributed by atoms with Crippen molar-refractivity contribution in [2.45, 2.75) is 19.5 Å². The third kappa shape index (κ3) is 2.26. The molecular formula is C18H17N3O. The fourth-order valence-electron chi connectivity index (χ4n) is 3.06. The van der Waals surface area contributed by atoms with Crippen LogP contribution in [0.1, 0.15) is 11.4 Å². The van der Waals surface area contributed by atoms with Crippen molar-refractivity contribution in [3.63, 3.8) is 0 Å². The Morgan fingerprint density at radius 1 is 1.00 bits per heavy atom. The highest BCUT2D eigenvalue weighted by atomic mass is 16.2. The lowest BCUT2D eigenvalue weighted by atomic mass is 10.1. The van der Waals surface area contributed by atoms with Crippen molar-refractivity contribution in [3.8, 4) is 0 Å². The average Bonchev–Trinajstić information content (AvgIpc) is 2.93. The van der Waals surface area contributed by atoms with Gasteiger partial charge < -0.3 is 9.47 Å². The summed E-state index contributed by atoms with van der Waals surface area (Å²) in [6, 6.07) is 18.1. The van der Waals surface area contributed by atoms with Crippen LogP contribution in [0.25, 0.3) is 11.0 Å². The zero-order chi connectivity index (χ0) is 14.9. The van der Waals surface area contributed by atoms with Crippen LogP contribution >= 0.6 is 0 Å². The summed E-state index contributed by atoms with van der Waals surface area (Å²) >= 11 is 0. The lowest BCUT2D eigenvalue weighted by molar-refractivity contribution is -0.131. The molecule has 0 unspecified atom stereocenters. The van der Waals surface area contributed by atoms with Crippen molar-refractivity contribution in [2.24, 2.45) is 0 Å². The van der Waals surface area contributed by atoms with Gasteiger partial charge in [0.25, 0.3) is 0 Å². The maximum absolute atomic E-state index is 12.5. The molecule has 0 bridgehead atoms. The molecule has 2 heterocycles. The minimum absolute atomic E-state index is 0.171. The first-order chi connectivity index (χ1) is 10.8. The molecule has 110 valence electrons. The number of fused-ring (bicyclic) bond motifs is 3. The van der Waals surface area contributed by atoms with Crippen molar-refractivity contribution in [2.75, 3.05) is 6.54 Å². The third-order valence-electron chi connectivity index (χ3n) is 4.21. The van der Waals surface area contributed by atoms with Gasteiger partial charge >= 0.3 is 0 Å². The summed E-state index contributed by atoms with van der Waals surface area (Å²) in [6.45, 7) is 2.16. The quantitative estimate of drug-likeness (QED) is 0.728. The van der Waals surface area contributed by atoms with E-state index in [4.69, 9.17) is 0 Å². The van der Waals surface area contributed by atoms with Crippen molar-refractivity contribution < 1.29 is 4.79 Å². The van der Waals surface area contributed by atoms with Gasteiger partial charge in [-0.15, -0.1) is 0 Å². The maximum Gasteiger partial charge on any atom is 0.227 e. The van der Waals surface area contributed by atoms with E-state index >= 15 is 0 Å². The zero-order valence-corrected chi connectivity index (χ0v) is 12.3. The number of benzene rings is 2. The molecule has 0 fully saturated rings. The van der Waals surface area contributed by atoms with Crippen LogP contribution in [0.5, 0.6) is 0 Å². The van der Waals surface area contributed by atoms with Gasteiger partial charge in [-0.3, -0.25) is 4.79 Å². The summed E-state index contributed by atoms with van der Waals surface area (Å²) in [5, 5.41) is 0.